The summed E-state index contributed by atoms with van der Waals surface area (Å²) in [4.78, 5) is 16.7. The average Bonchev–Trinajstić information content (AvgIpc) is 2.74. The van der Waals surface area contributed by atoms with E-state index in [9.17, 15) is 4.79 Å². The van der Waals surface area contributed by atoms with E-state index < -0.39 is 6.10 Å². The van der Waals surface area contributed by atoms with Crippen molar-refractivity contribution < 1.29 is 14.3 Å². The van der Waals surface area contributed by atoms with E-state index in [2.05, 4.69) is 10.3 Å². The van der Waals surface area contributed by atoms with Crippen LogP contribution in [-0.4, -0.2) is 24.1 Å². The van der Waals surface area contributed by atoms with Crippen LogP contribution < -0.4 is 14.8 Å². The third kappa shape index (κ3) is 5.10. The van der Waals surface area contributed by atoms with Crippen LogP contribution in [0.4, 0.5) is 5.69 Å². The highest BCUT2D eigenvalue weighted by Crippen LogP contribution is 2.27. The molecule has 1 unspecified atom stereocenters. The third-order valence-corrected chi connectivity index (χ3v) is 4.38. The molecule has 3 aromatic rings. The third-order valence-electron chi connectivity index (χ3n) is 4.38. The molecule has 1 atom stereocenters. The lowest BCUT2D eigenvalue weighted by molar-refractivity contribution is -0.122. The highest BCUT2D eigenvalue weighted by atomic mass is 16.5. The molecule has 144 valence electrons. The van der Waals surface area contributed by atoms with Crippen molar-refractivity contribution in [3.8, 4) is 11.5 Å². The molecule has 0 radical (unpaired) electrons. The van der Waals surface area contributed by atoms with Crippen molar-refractivity contribution in [1.82, 2.24) is 4.98 Å². The van der Waals surface area contributed by atoms with E-state index >= 15 is 0 Å². The van der Waals surface area contributed by atoms with E-state index in [-0.39, 0.29) is 5.91 Å². The molecule has 0 bridgehead atoms. The van der Waals surface area contributed by atoms with Crippen LogP contribution in [0.25, 0.3) is 0 Å². The summed E-state index contributed by atoms with van der Waals surface area (Å²) in [6.45, 7) is 1.91. The van der Waals surface area contributed by atoms with Crippen molar-refractivity contribution in [3.05, 3.63) is 84.2 Å². The lowest BCUT2D eigenvalue weighted by Crippen LogP contribution is -2.32. The molecule has 5 nitrogen and oxygen atoms in total. The topological polar surface area (TPSA) is 60.5 Å². The zero-order valence-corrected chi connectivity index (χ0v) is 16.1. The zero-order valence-electron chi connectivity index (χ0n) is 16.1. The van der Waals surface area contributed by atoms with Gasteiger partial charge in [0.1, 0.15) is 0 Å². The highest BCUT2D eigenvalue weighted by Gasteiger charge is 2.20. The maximum Gasteiger partial charge on any atom is 0.265 e. The summed E-state index contributed by atoms with van der Waals surface area (Å²) < 4.78 is 11.2. The molecular formula is C23H24N2O3. The Kier molecular flexibility index (Phi) is 6.63. The summed E-state index contributed by atoms with van der Waals surface area (Å²) in [6.07, 6.45) is 4.34. The zero-order chi connectivity index (χ0) is 19.8. The minimum Gasteiger partial charge on any atom is -0.493 e. The fourth-order valence-electron chi connectivity index (χ4n) is 2.86. The normalized spacial score (nSPS) is 11.5. The van der Waals surface area contributed by atoms with Gasteiger partial charge in [0.05, 0.1) is 7.11 Å². The Labute approximate surface area is 165 Å². The first-order chi connectivity index (χ1) is 13.7. The van der Waals surface area contributed by atoms with Gasteiger partial charge in [-0.3, -0.25) is 9.78 Å². The largest absolute Gasteiger partial charge is 0.493 e. The fourth-order valence-corrected chi connectivity index (χ4v) is 2.86. The number of pyridine rings is 1. The maximum atomic E-state index is 12.6. The number of carbonyl (C=O) groups is 1. The van der Waals surface area contributed by atoms with Gasteiger partial charge >= 0.3 is 0 Å². The van der Waals surface area contributed by atoms with E-state index in [0.29, 0.717) is 17.9 Å². The number of hydrogen-bond donors (Lipinski definition) is 1. The standard InChI is InChI=1S/C23H24N2O3/c1-3-20(28-22-7-5-4-6-21(22)27-2)23(26)25-19-10-8-17(9-11-19)16-18-12-14-24-15-13-18/h4-15,20H,3,16H2,1-2H3,(H,25,26). The first kappa shape index (κ1) is 19.4. The van der Waals surface area contributed by atoms with Gasteiger partial charge in [0.25, 0.3) is 5.91 Å². The van der Waals surface area contributed by atoms with Crippen molar-refractivity contribution in [2.45, 2.75) is 25.9 Å². The molecule has 0 aliphatic carbocycles. The molecular weight excluding hydrogens is 352 g/mol. The van der Waals surface area contributed by atoms with Crippen molar-refractivity contribution in [3.63, 3.8) is 0 Å². The number of rotatable bonds is 8. The van der Waals surface area contributed by atoms with Gasteiger partial charge in [0, 0.05) is 18.1 Å². The van der Waals surface area contributed by atoms with Crippen molar-refractivity contribution in [2.75, 3.05) is 12.4 Å². The Hall–Kier alpha value is -3.34. The van der Waals surface area contributed by atoms with Crippen LogP contribution in [0.3, 0.4) is 0 Å². The highest BCUT2D eigenvalue weighted by molar-refractivity contribution is 5.94. The lowest BCUT2D eigenvalue weighted by Gasteiger charge is -2.19. The van der Waals surface area contributed by atoms with E-state index in [1.807, 2.05) is 61.5 Å². The summed E-state index contributed by atoms with van der Waals surface area (Å²) in [5, 5.41) is 2.93. The second-order valence-corrected chi connectivity index (χ2v) is 6.38. The van der Waals surface area contributed by atoms with Crippen LogP contribution >= 0.6 is 0 Å². The first-order valence-corrected chi connectivity index (χ1v) is 9.28. The van der Waals surface area contributed by atoms with Crippen LogP contribution in [0.5, 0.6) is 11.5 Å². The summed E-state index contributed by atoms with van der Waals surface area (Å²) in [7, 11) is 1.58. The summed E-state index contributed by atoms with van der Waals surface area (Å²) in [6, 6.07) is 19.1. The number of nitrogens with one attached hydrogen (secondary N) is 1. The molecule has 0 saturated carbocycles. The minimum atomic E-state index is -0.604. The molecule has 28 heavy (non-hydrogen) atoms. The van der Waals surface area contributed by atoms with Gasteiger partial charge in [0.15, 0.2) is 17.6 Å². The number of nitrogens with zero attached hydrogens (tertiary/aromatic N) is 1. The van der Waals surface area contributed by atoms with Gasteiger partial charge in [-0.05, 0) is 60.4 Å². The van der Waals surface area contributed by atoms with Crippen LogP contribution in [-0.2, 0) is 11.2 Å². The molecule has 0 spiro atoms. The number of amides is 1. The Morgan fingerprint density at radius 1 is 0.964 bits per heavy atom. The predicted octanol–water partition coefficient (Wildman–Crippen LogP) is 4.48. The summed E-state index contributed by atoms with van der Waals surface area (Å²) in [5.41, 5.74) is 3.11. The predicted molar refractivity (Wildman–Crippen MR) is 110 cm³/mol. The molecule has 1 amide bonds. The van der Waals surface area contributed by atoms with Crippen LogP contribution in [0.15, 0.2) is 73.1 Å². The number of methoxy groups -OCH3 is 1. The van der Waals surface area contributed by atoms with Gasteiger partial charge in [-0.2, -0.15) is 0 Å². The Morgan fingerprint density at radius 3 is 2.25 bits per heavy atom. The molecule has 2 aromatic carbocycles. The van der Waals surface area contributed by atoms with Crippen molar-refractivity contribution >= 4 is 11.6 Å². The van der Waals surface area contributed by atoms with Gasteiger partial charge in [-0.25, -0.2) is 0 Å². The lowest BCUT2D eigenvalue weighted by atomic mass is 10.1. The van der Waals surface area contributed by atoms with Crippen molar-refractivity contribution in [2.24, 2.45) is 0 Å². The maximum absolute atomic E-state index is 12.6. The van der Waals surface area contributed by atoms with E-state index in [4.69, 9.17) is 9.47 Å². The van der Waals surface area contributed by atoms with Crippen LogP contribution in [0, 0.1) is 0 Å². The smallest absolute Gasteiger partial charge is 0.265 e. The molecule has 5 heteroatoms. The minimum absolute atomic E-state index is 0.185. The number of carbonyl (C=O) groups excluding carboxylic acids is 1. The second-order valence-electron chi connectivity index (χ2n) is 6.38. The number of benzene rings is 2. The molecule has 1 N–H and O–H groups in total. The Bertz CT molecular complexity index is 895. The van der Waals surface area contributed by atoms with Gasteiger partial charge < -0.3 is 14.8 Å². The Balaban J connectivity index is 1.62. The van der Waals surface area contributed by atoms with Crippen LogP contribution in [0.1, 0.15) is 24.5 Å². The molecule has 0 aliphatic rings. The SMILES string of the molecule is CCC(Oc1ccccc1OC)C(=O)Nc1ccc(Cc2ccncc2)cc1. The molecule has 1 heterocycles. The average molecular weight is 376 g/mol. The molecule has 0 fully saturated rings. The molecule has 0 aliphatic heterocycles. The monoisotopic (exact) mass is 376 g/mol. The van der Waals surface area contributed by atoms with Gasteiger partial charge in [-0.15, -0.1) is 0 Å². The first-order valence-electron chi connectivity index (χ1n) is 9.28. The quantitative estimate of drug-likeness (QED) is 0.630. The van der Waals surface area contributed by atoms with Gasteiger partial charge in [-0.1, -0.05) is 31.2 Å². The number of ether oxygens (including phenoxy) is 2. The summed E-state index contributed by atoms with van der Waals surface area (Å²) in [5.74, 6) is 0.976. The number of hydrogen-bond acceptors (Lipinski definition) is 4. The molecule has 0 saturated heterocycles. The fraction of sp³-hybridized carbons (Fsp3) is 0.217. The van der Waals surface area contributed by atoms with E-state index in [1.54, 1.807) is 25.6 Å². The van der Waals surface area contributed by atoms with Crippen LogP contribution in [0.2, 0.25) is 0 Å². The Morgan fingerprint density at radius 2 is 1.61 bits per heavy atom. The van der Waals surface area contributed by atoms with Crippen molar-refractivity contribution in [1.29, 1.82) is 0 Å². The molecule has 3 rings (SSSR count). The molecule has 1 aromatic heterocycles. The van der Waals surface area contributed by atoms with Gasteiger partial charge in [0.2, 0.25) is 0 Å². The van der Waals surface area contributed by atoms with E-state index in [1.165, 1.54) is 11.1 Å². The summed E-state index contributed by atoms with van der Waals surface area (Å²) >= 11 is 0. The van der Waals surface area contributed by atoms with E-state index in [0.717, 1.165) is 12.1 Å². The number of anilines is 1. The number of aromatic nitrogens is 1. The second kappa shape index (κ2) is 9.55. The number of para-hydroxylation sites is 2.